The van der Waals surface area contributed by atoms with Crippen molar-refractivity contribution in [2.75, 3.05) is 18.8 Å². The molecule has 1 amide bonds. The van der Waals surface area contributed by atoms with Gasteiger partial charge in [0.25, 0.3) is 0 Å². The number of carboxylic acid groups (broad SMARTS) is 1. The number of amides is 1. The van der Waals surface area contributed by atoms with Crippen molar-refractivity contribution in [3.63, 3.8) is 0 Å². The summed E-state index contributed by atoms with van der Waals surface area (Å²) in [5.74, 6) is -2.13. The van der Waals surface area contributed by atoms with Crippen LogP contribution in [-0.2, 0) is 19.6 Å². The van der Waals surface area contributed by atoms with Gasteiger partial charge in [-0.1, -0.05) is 6.92 Å². The van der Waals surface area contributed by atoms with E-state index < -0.39 is 21.9 Å². The maximum Gasteiger partial charge on any atom is 0.328 e. The molecule has 0 aromatic heterocycles. The summed E-state index contributed by atoms with van der Waals surface area (Å²) in [6.07, 6.45) is 1.50. The van der Waals surface area contributed by atoms with Crippen LogP contribution in [0.2, 0.25) is 0 Å². The molecule has 0 bridgehead atoms. The van der Waals surface area contributed by atoms with Gasteiger partial charge in [-0.15, -0.1) is 0 Å². The van der Waals surface area contributed by atoms with E-state index in [0.29, 0.717) is 6.08 Å². The van der Waals surface area contributed by atoms with E-state index in [1.54, 1.807) is 6.92 Å². The average molecular weight is 250 g/mol. The summed E-state index contributed by atoms with van der Waals surface area (Å²) >= 11 is 0. The second-order valence-corrected chi connectivity index (χ2v) is 4.71. The monoisotopic (exact) mass is 250 g/mol. The van der Waals surface area contributed by atoms with Crippen molar-refractivity contribution in [3.05, 3.63) is 12.2 Å². The van der Waals surface area contributed by atoms with Crippen LogP contribution in [0, 0.1) is 0 Å². The summed E-state index contributed by atoms with van der Waals surface area (Å²) in [6, 6.07) is 0. The molecule has 8 heteroatoms. The van der Waals surface area contributed by atoms with Crippen molar-refractivity contribution in [3.8, 4) is 0 Å². The van der Waals surface area contributed by atoms with Gasteiger partial charge in [0.15, 0.2) is 0 Å². The molecule has 0 saturated carbocycles. The van der Waals surface area contributed by atoms with Crippen molar-refractivity contribution in [1.82, 2.24) is 10.0 Å². The lowest BCUT2D eigenvalue weighted by atomic mass is 10.4. The molecule has 0 aliphatic rings. The standard InChI is InChI=1S/C8H14N2O5S/c1-2-10-16(14,15)6-5-9-7(11)3-4-8(12)13/h3-4,10H,2,5-6H2,1H3,(H,9,11)(H,12,13)/b4-3+. The lowest BCUT2D eigenvalue weighted by molar-refractivity contribution is -0.131. The average Bonchev–Trinajstić information content (AvgIpc) is 2.14. The molecule has 0 rings (SSSR count). The number of carbonyl (C=O) groups excluding carboxylic acids is 1. The summed E-state index contributed by atoms with van der Waals surface area (Å²) in [7, 11) is -3.36. The van der Waals surface area contributed by atoms with E-state index in [1.165, 1.54) is 0 Å². The number of hydrogen-bond donors (Lipinski definition) is 3. The summed E-state index contributed by atoms with van der Waals surface area (Å²) in [5.41, 5.74) is 0. The second kappa shape index (κ2) is 6.96. The Morgan fingerprint density at radius 3 is 2.44 bits per heavy atom. The normalized spacial score (nSPS) is 11.6. The van der Waals surface area contributed by atoms with Crippen LogP contribution >= 0.6 is 0 Å². The smallest absolute Gasteiger partial charge is 0.328 e. The van der Waals surface area contributed by atoms with Crippen LogP contribution in [0.25, 0.3) is 0 Å². The van der Waals surface area contributed by atoms with Gasteiger partial charge in [-0.25, -0.2) is 17.9 Å². The highest BCUT2D eigenvalue weighted by molar-refractivity contribution is 7.89. The first-order valence-electron chi connectivity index (χ1n) is 4.53. The summed E-state index contributed by atoms with van der Waals surface area (Å²) in [5, 5.41) is 10.5. The Bertz CT molecular complexity index is 374. The molecule has 3 N–H and O–H groups in total. The maximum absolute atomic E-state index is 11.1. The predicted molar refractivity (Wildman–Crippen MR) is 57.2 cm³/mol. The molecule has 0 atom stereocenters. The van der Waals surface area contributed by atoms with E-state index in [1.807, 2.05) is 0 Å². The molecule has 0 spiro atoms. The Balaban J connectivity index is 3.91. The Morgan fingerprint density at radius 2 is 1.94 bits per heavy atom. The molecule has 0 saturated heterocycles. The van der Waals surface area contributed by atoms with E-state index in [0.717, 1.165) is 6.08 Å². The molecule has 0 aromatic carbocycles. The first-order chi connectivity index (χ1) is 7.37. The first kappa shape index (κ1) is 14.6. The number of nitrogens with one attached hydrogen (secondary N) is 2. The van der Waals surface area contributed by atoms with E-state index >= 15 is 0 Å². The van der Waals surface area contributed by atoms with Crippen LogP contribution in [-0.4, -0.2) is 44.2 Å². The van der Waals surface area contributed by atoms with Crippen LogP contribution in [0.15, 0.2) is 12.2 Å². The fourth-order valence-electron chi connectivity index (χ4n) is 0.807. The molecular formula is C8H14N2O5S. The van der Waals surface area contributed by atoms with Crippen molar-refractivity contribution >= 4 is 21.9 Å². The minimum atomic E-state index is -3.36. The van der Waals surface area contributed by atoms with Crippen LogP contribution in [0.1, 0.15) is 6.92 Å². The zero-order chi connectivity index (χ0) is 12.6. The van der Waals surface area contributed by atoms with Gasteiger partial charge in [-0.3, -0.25) is 4.79 Å². The van der Waals surface area contributed by atoms with Crippen LogP contribution in [0.4, 0.5) is 0 Å². The van der Waals surface area contributed by atoms with Gasteiger partial charge in [0, 0.05) is 25.2 Å². The summed E-state index contributed by atoms with van der Waals surface area (Å²) in [4.78, 5) is 21.0. The van der Waals surface area contributed by atoms with Crippen molar-refractivity contribution in [2.45, 2.75) is 6.92 Å². The molecule has 7 nitrogen and oxygen atoms in total. The van der Waals surface area contributed by atoms with Gasteiger partial charge in [-0.2, -0.15) is 0 Å². The Morgan fingerprint density at radius 1 is 1.31 bits per heavy atom. The number of carboxylic acids is 1. The van der Waals surface area contributed by atoms with Crippen LogP contribution < -0.4 is 10.0 Å². The van der Waals surface area contributed by atoms with E-state index in [-0.39, 0.29) is 18.8 Å². The fourth-order valence-corrected chi connectivity index (χ4v) is 1.76. The van der Waals surface area contributed by atoms with Gasteiger partial charge in [0.05, 0.1) is 5.75 Å². The van der Waals surface area contributed by atoms with Gasteiger partial charge < -0.3 is 10.4 Å². The lowest BCUT2D eigenvalue weighted by Crippen LogP contribution is -2.33. The van der Waals surface area contributed by atoms with Gasteiger partial charge in [0.1, 0.15) is 0 Å². The molecule has 92 valence electrons. The third-order valence-electron chi connectivity index (χ3n) is 1.41. The number of aliphatic carboxylic acids is 1. The molecule has 0 fully saturated rings. The SMILES string of the molecule is CCNS(=O)(=O)CCNC(=O)/C=C/C(=O)O. The zero-order valence-electron chi connectivity index (χ0n) is 8.76. The third-order valence-corrected chi connectivity index (χ3v) is 2.88. The maximum atomic E-state index is 11.1. The number of carbonyl (C=O) groups is 2. The number of rotatable bonds is 7. The largest absolute Gasteiger partial charge is 0.478 e. The molecular weight excluding hydrogens is 236 g/mol. The molecule has 0 unspecified atom stereocenters. The van der Waals surface area contributed by atoms with Gasteiger partial charge in [-0.05, 0) is 0 Å². The molecule has 0 radical (unpaired) electrons. The Kier molecular flexibility index (Phi) is 6.35. The van der Waals surface area contributed by atoms with Crippen molar-refractivity contribution in [2.24, 2.45) is 0 Å². The van der Waals surface area contributed by atoms with Crippen LogP contribution in [0.3, 0.4) is 0 Å². The topological polar surface area (TPSA) is 113 Å². The highest BCUT2D eigenvalue weighted by Crippen LogP contribution is 1.82. The molecule has 0 aliphatic carbocycles. The Hall–Kier alpha value is -1.41. The zero-order valence-corrected chi connectivity index (χ0v) is 9.58. The molecule has 0 heterocycles. The molecule has 0 aliphatic heterocycles. The van der Waals surface area contributed by atoms with Crippen molar-refractivity contribution in [1.29, 1.82) is 0 Å². The minimum Gasteiger partial charge on any atom is -0.478 e. The number of hydrogen-bond acceptors (Lipinski definition) is 4. The minimum absolute atomic E-state index is 0.0713. The van der Waals surface area contributed by atoms with Gasteiger partial charge >= 0.3 is 5.97 Å². The fraction of sp³-hybridized carbons (Fsp3) is 0.500. The second-order valence-electron chi connectivity index (χ2n) is 2.78. The molecule has 0 aromatic rings. The molecule has 16 heavy (non-hydrogen) atoms. The summed E-state index contributed by atoms with van der Waals surface area (Å²) in [6.45, 7) is 1.86. The number of sulfonamides is 1. The van der Waals surface area contributed by atoms with E-state index in [2.05, 4.69) is 10.0 Å². The van der Waals surface area contributed by atoms with E-state index in [4.69, 9.17) is 5.11 Å². The van der Waals surface area contributed by atoms with Gasteiger partial charge in [0.2, 0.25) is 15.9 Å². The van der Waals surface area contributed by atoms with E-state index in [9.17, 15) is 18.0 Å². The Labute approximate surface area is 93.6 Å². The van der Waals surface area contributed by atoms with Crippen molar-refractivity contribution < 1.29 is 23.1 Å². The quantitative estimate of drug-likeness (QED) is 0.485. The summed E-state index contributed by atoms with van der Waals surface area (Å²) < 4.78 is 24.5. The third kappa shape index (κ3) is 7.94. The highest BCUT2D eigenvalue weighted by Gasteiger charge is 2.08. The lowest BCUT2D eigenvalue weighted by Gasteiger charge is -2.04. The van der Waals surface area contributed by atoms with Crippen LogP contribution in [0.5, 0.6) is 0 Å². The first-order valence-corrected chi connectivity index (χ1v) is 6.19. The highest BCUT2D eigenvalue weighted by atomic mass is 32.2. The predicted octanol–water partition coefficient (Wildman–Crippen LogP) is -1.32.